The standard InChI is InChI=1S/C19H23N/c1-15-11-13-16(14-12-15)18-9-5-6-10-19(18)20-17-7-3-2-4-8-17/h2-10,15,19-20H,11-14H2,1H3. The van der Waals surface area contributed by atoms with Crippen molar-refractivity contribution in [3.8, 4) is 0 Å². The molecule has 20 heavy (non-hydrogen) atoms. The normalized spacial score (nSPS) is 25.9. The van der Waals surface area contributed by atoms with Gasteiger partial charge in [-0.15, -0.1) is 0 Å². The van der Waals surface area contributed by atoms with Crippen LogP contribution in [0.15, 0.2) is 65.8 Å². The number of hydrogen-bond donors (Lipinski definition) is 1. The molecule has 1 unspecified atom stereocenters. The molecular formula is C19H23N. The van der Waals surface area contributed by atoms with Crippen LogP contribution >= 0.6 is 0 Å². The van der Waals surface area contributed by atoms with Crippen molar-refractivity contribution in [2.24, 2.45) is 5.92 Å². The van der Waals surface area contributed by atoms with E-state index in [1.807, 2.05) is 0 Å². The van der Waals surface area contributed by atoms with Crippen LogP contribution in [0.25, 0.3) is 0 Å². The summed E-state index contributed by atoms with van der Waals surface area (Å²) >= 11 is 0. The van der Waals surface area contributed by atoms with Gasteiger partial charge in [-0.2, -0.15) is 0 Å². The van der Waals surface area contributed by atoms with Gasteiger partial charge in [0.05, 0.1) is 6.04 Å². The Morgan fingerprint density at radius 3 is 2.50 bits per heavy atom. The first-order valence-corrected chi connectivity index (χ1v) is 7.71. The minimum Gasteiger partial charge on any atom is -0.375 e. The van der Waals surface area contributed by atoms with E-state index >= 15 is 0 Å². The van der Waals surface area contributed by atoms with Gasteiger partial charge in [0.15, 0.2) is 0 Å². The Morgan fingerprint density at radius 2 is 1.75 bits per heavy atom. The summed E-state index contributed by atoms with van der Waals surface area (Å²) in [7, 11) is 0. The lowest BCUT2D eigenvalue weighted by Crippen LogP contribution is -2.22. The van der Waals surface area contributed by atoms with Crippen LogP contribution in [0.3, 0.4) is 0 Å². The third kappa shape index (κ3) is 3.04. The maximum Gasteiger partial charge on any atom is 0.0700 e. The molecule has 1 N–H and O–H groups in total. The Labute approximate surface area is 122 Å². The molecule has 0 spiro atoms. The Balaban J connectivity index is 1.80. The molecule has 1 saturated carbocycles. The summed E-state index contributed by atoms with van der Waals surface area (Å²) in [6.45, 7) is 2.37. The van der Waals surface area contributed by atoms with Crippen molar-refractivity contribution in [3.05, 3.63) is 65.8 Å². The van der Waals surface area contributed by atoms with Gasteiger partial charge in [0.25, 0.3) is 0 Å². The second-order valence-electron chi connectivity index (χ2n) is 5.97. The topological polar surface area (TPSA) is 12.0 Å². The summed E-state index contributed by atoms with van der Waals surface area (Å²) in [5, 5.41) is 3.64. The van der Waals surface area contributed by atoms with Crippen LogP contribution in [0.2, 0.25) is 0 Å². The average molecular weight is 265 g/mol. The van der Waals surface area contributed by atoms with Crippen molar-refractivity contribution in [1.29, 1.82) is 0 Å². The molecule has 1 aromatic rings. The SMILES string of the molecule is CC1CCC(=C2C=CC=CC2Nc2ccccc2)CC1. The molecular weight excluding hydrogens is 242 g/mol. The molecule has 2 aliphatic rings. The lowest BCUT2D eigenvalue weighted by atomic mass is 9.82. The second-order valence-corrected chi connectivity index (χ2v) is 5.97. The van der Waals surface area contributed by atoms with E-state index in [0.29, 0.717) is 6.04 Å². The minimum absolute atomic E-state index is 0.325. The molecule has 1 atom stereocenters. The van der Waals surface area contributed by atoms with Crippen LogP contribution in [0.5, 0.6) is 0 Å². The molecule has 1 heteroatoms. The van der Waals surface area contributed by atoms with Crippen LogP contribution in [0.4, 0.5) is 5.69 Å². The molecule has 2 aliphatic carbocycles. The Morgan fingerprint density at radius 1 is 1.00 bits per heavy atom. The zero-order valence-electron chi connectivity index (χ0n) is 12.2. The number of hydrogen-bond acceptors (Lipinski definition) is 1. The zero-order valence-corrected chi connectivity index (χ0v) is 12.2. The van der Waals surface area contributed by atoms with Crippen molar-refractivity contribution in [2.75, 3.05) is 5.32 Å². The fourth-order valence-electron chi connectivity index (χ4n) is 3.12. The summed E-state index contributed by atoms with van der Waals surface area (Å²) in [5.41, 5.74) is 4.33. The maximum absolute atomic E-state index is 3.64. The van der Waals surface area contributed by atoms with Gasteiger partial charge in [0.1, 0.15) is 0 Å². The highest BCUT2D eigenvalue weighted by Gasteiger charge is 2.19. The molecule has 0 radical (unpaired) electrons. The molecule has 1 aromatic carbocycles. The van der Waals surface area contributed by atoms with E-state index in [0.717, 1.165) is 5.92 Å². The molecule has 0 aromatic heterocycles. The highest BCUT2D eigenvalue weighted by Crippen LogP contribution is 2.33. The van der Waals surface area contributed by atoms with E-state index < -0.39 is 0 Å². The van der Waals surface area contributed by atoms with Crippen LogP contribution < -0.4 is 5.32 Å². The first-order chi connectivity index (χ1) is 9.83. The van der Waals surface area contributed by atoms with Gasteiger partial charge in [0.2, 0.25) is 0 Å². The van der Waals surface area contributed by atoms with E-state index in [1.54, 1.807) is 5.57 Å². The highest BCUT2D eigenvalue weighted by molar-refractivity contribution is 5.52. The van der Waals surface area contributed by atoms with Crippen LogP contribution in [-0.4, -0.2) is 6.04 Å². The van der Waals surface area contributed by atoms with Crippen LogP contribution in [-0.2, 0) is 0 Å². The Hall–Kier alpha value is -1.76. The molecule has 0 amide bonds. The van der Waals surface area contributed by atoms with E-state index in [2.05, 4.69) is 66.9 Å². The van der Waals surface area contributed by atoms with Gasteiger partial charge in [-0.05, 0) is 49.3 Å². The molecule has 0 aliphatic heterocycles. The van der Waals surface area contributed by atoms with Crippen molar-refractivity contribution >= 4 is 5.69 Å². The average Bonchev–Trinajstić information content (AvgIpc) is 2.50. The summed E-state index contributed by atoms with van der Waals surface area (Å²) < 4.78 is 0. The smallest absolute Gasteiger partial charge is 0.0700 e. The van der Waals surface area contributed by atoms with Gasteiger partial charge in [-0.25, -0.2) is 0 Å². The van der Waals surface area contributed by atoms with Gasteiger partial charge in [0, 0.05) is 5.69 Å². The summed E-state index contributed by atoms with van der Waals surface area (Å²) in [5.74, 6) is 0.892. The number of para-hydroxylation sites is 1. The van der Waals surface area contributed by atoms with Gasteiger partial charge in [-0.1, -0.05) is 55.0 Å². The fraction of sp³-hybridized carbons (Fsp3) is 0.368. The maximum atomic E-state index is 3.64. The lowest BCUT2D eigenvalue weighted by Gasteiger charge is -2.27. The molecule has 1 fully saturated rings. The minimum atomic E-state index is 0.325. The third-order valence-electron chi connectivity index (χ3n) is 4.41. The highest BCUT2D eigenvalue weighted by atomic mass is 14.9. The number of rotatable bonds is 2. The Kier molecular flexibility index (Phi) is 4.05. The van der Waals surface area contributed by atoms with Crippen molar-refractivity contribution < 1.29 is 0 Å². The van der Waals surface area contributed by atoms with E-state index in [9.17, 15) is 0 Å². The molecule has 3 rings (SSSR count). The lowest BCUT2D eigenvalue weighted by molar-refractivity contribution is 0.441. The number of allylic oxidation sites excluding steroid dienone is 3. The summed E-state index contributed by atoms with van der Waals surface area (Å²) in [6, 6.07) is 10.8. The van der Waals surface area contributed by atoms with Gasteiger partial charge >= 0.3 is 0 Å². The molecule has 104 valence electrons. The van der Waals surface area contributed by atoms with Gasteiger partial charge in [-0.3, -0.25) is 0 Å². The quantitative estimate of drug-likeness (QED) is 0.784. The molecule has 0 heterocycles. The molecule has 1 nitrogen and oxygen atoms in total. The predicted molar refractivity (Wildman–Crippen MR) is 86.8 cm³/mol. The fourth-order valence-corrected chi connectivity index (χ4v) is 3.12. The van der Waals surface area contributed by atoms with E-state index in [-0.39, 0.29) is 0 Å². The molecule has 0 bridgehead atoms. The Bertz CT molecular complexity index is 526. The first-order valence-electron chi connectivity index (χ1n) is 7.71. The van der Waals surface area contributed by atoms with Crippen molar-refractivity contribution in [3.63, 3.8) is 0 Å². The first kappa shape index (κ1) is 13.2. The number of anilines is 1. The van der Waals surface area contributed by atoms with Crippen molar-refractivity contribution in [2.45, 2.75) is 38.6 Å². The molecule has 0 saturated heterocycles. The van der Waals surface area contributed by atoms with Crippen LogP contribution in [0, 0.1) is 5.92 Å². The van der Waals surface area contributed by atoms with E-state index in [1.165, 1.54) is 36.9 Å². The number of benzene rings is 1. The van der Waals surface area contributed by atoms with Gasteiger partial charge < -0.3 is 5.32 Å². The third-order valence-corrected chi connectivity index (χ3v) is 4.41. The predicted octanol–water partition coefficient (Wildman–Crippen LogP) is 5.10. The second kappa shape index (κ2) is 6.13. The summed E-state index contributed by atoms with van der Waals surface area (Å²) in [6.07, 6.45) is 14.1. The largest absolute Gasteiger partial charge is 0.375 e. The zero-order chi connectivity index (χ0) is 13.8. The van der Waals surface area contributed by atoms with Crippen molar-refractivity contribution in [1.82, 2.24) is 0 Å². The van der Waals surface area contributed by atoms with E-state index in [4.69, 9.17) is 0 Å². The monoisotopic (exact) mass is 265 g/mol. The van der Waals surface area contributed by atoms with Crippen LogP contribution in [0.1, 0.15) is 32.6 Å². The summed E-state index contributed by atoms with van der Waals surface area (Å²) in [4.78, 5) is 0. The number of nitrogens with one attached hydrogen (secondary N) is 1.